The van der Waals surface area contributed by atoms with Gasteiger partial charge in [0.15, 0.2) is 0 Å². The summed E-state index contributed by atoms with van der Waals surface area (Å²) in [6, 6.07) is 6.36. The van der Waals surface area contributed by atoms with E-state index in [0.717, 1.165) is 4.90 Å². The molecule has 1 saturated heterocycles. The number of hydrogen-bond acceptors (Lipinski definition) is 3. The van der Waals surface area contributed by atoms with E-state index in [9.17, 15) is 9.59 Å². The topological polar surface area (TPSA) is 58.6 Å². The van der Waals surface area contributed by atoms with Crippen LogP contribution in [-0.2, 0) is 4.79 Å². The molecule has 5 heteroatoms. The minimum absolute atomic E-state index is 0.0604. The van der Waals surface area contributed by atoms with E-state index >= 15 is 0 Å². The molecule has 1 fully saturated rings. The van der Waals surface area contributed by atoms with Gasteiger partial charge in [-0.3, -0.25) is 4.79 Å². The van der Waals surface area contributed by atoms with E-state index in [2.05, 4.69) is 5.32 Å². The normalized spacial score (nSPS) is 15.4. The third-order valence-electron chi connectivity index (χ3n) is 2.17. The van der Waals surface area contributed by atoms with E-state index in [-0.39, 0.29) is 18.5 Å². The maximum atomic E-state index is 11.4. The number of urea groups is 1. The second-order valence-electron chi connectivity index (χ2n) is 3.09. The number of ether oxygens (including phenoxy) is 1. The molecule has 0 saturated carbocycles. The molecule has 1 aromatic rings. The van der Waals surface area contributed by atoms with Gasteiger partial charge in [-0.2, -0.15) is 0 Å². The van der Waals surface area contributed by atoms with Gasteiger partial charge in [0.25, 0.3) is 5.91 Å². The van der Waals surface area contributed by atoms with Crippen molar-refractivity contribution in [3.63, 3.8) is 0 Å². The van der Waals surface area contributed by atoms with Crippen molar-refractivity contribution in [2.75, 3.05) is 18.6 Å². The average Bonchev–Trinajstić information content (AvgIpc) is 2.59. The fraction of sp³-hybridized carbons (Fsp3) is 0.200. The Bertz CT molecular complexity index is 384. The van der Waals surface area contributed by atoms with E-state index in [0.29, 0.717) is 11.4 Å². The van der Waals surface area contributed by atoms with Crippen molar-refractivity contribution in [3.8, 4) is 5.75 Å². The number of anilines is 1. The molecule has 0 unspecified atom stereocenters. The summed E-state index contributed by atoms with van der Waals surface area (Å²) in [7, 11) is 1.56. The van der Waals surface area contributed by atoms with E-state index in [1.54, 1.807) is 31.4 Å². The maximum absolute atomic E-state index is 11.4. The monoisotopic (exact) mass is 206 g/mol. The highest BCUT2D eigenvalue weighted by molar-refractivity contribution is 6.19. The number of benzene rings is 1. The molecule has 3 amide bonds. The molecule has 0 bridgehead atoms. The molecule has 1 aromatic carbocycles. The van der Waals surface area contributed by atoms with E-state index in [4.69, 9.17) is 4.74 Å². The fourth-order valence-electron chi connectivity index (χ4n) is 1.42. The van der Waals surface area contributed by atoms with Crippen molar-refractivity contribution in [1.82, 2.24) is 5.32 Å². The van der Waals surface area contributed by atoms with Crippen LogP contribution in [0.25, 0.3) is 0 Å². The minimum Gasteiger partial charge on any atom is -0.497 e. The number of imide groups is 1. The second-order valence-corrected chi connectivity index (χ2v) is 3.09. The molecule has 0 radical (unpaired) electrons. The number of nitrogens with one attached hydrogen (secondary N) is 1. The van der Waals surface area contributed by atoms with Gasteiger partial charge in [-0.1, -0.05) is 0 Å². The first kappa shape index (κ1) is 9.51. The number of carbonyl (C=O) groups is 2. The van der Waals surface area contributed by atoms with Gasteiger partial charge in [0.1, 0.15) is 5.75 Å². The van der Waals surface area contributed by atoms with E-state index < -0.39 is 0 Å². The predicted octanol–water partition coefficient (Wildman–Crippen LogP) is 0.751. The molecule has 2 rings (SSSR count). The third kappa shape index (κ3) is 1.63. The van der Waals surface area contributed by atoms with Crippen LogP contribution in [0.4, 0.5) is 10.5 Å². The molecule has 0 spiro atoms. The van der Waals surface area contributed by atoms with Crippen LogP contribution in [0.2, 0.25) is 0 Å². The zero-order chi connectivity index (χ0) is 10.8. The summed E-state index contributed by atoms with van der Waals surface area (Å²) >= 11 is 0. The SMILES string of the molecule is COc1ccc(N2C(=O)CNC2=O)cc1. The molecule has 0 aliphatic carbocycles. The van der Waals surface area contributed by atoms with Gasteiger partial charge in [0, 0.05) is 0 Å². The Labute approximate surface area is 86.6 Å². The van der Waals surface area contributed by atoms with Crippen LogP contribution in [0, 0.1) is 0 Å². The first-order valence-electron chi connectivity index (χ1n) is 4.47. The minimum atomic E-state index is -0.384. The predicted molar refractivity (Wildman–Crippen MR) is 53.9 cm³/mol. The van der Waals surface area contributed by atoms with Crippen molar-refractivity contribution >= 4 is 17.6 Å². The second kappa shape index (κ2) is 3.61. The number of methoxy groups -OCH3 is 1. The maximum Gasteiger partial charge on any atom is 0.329 e. The summed E-state index contributed by atoms with van der Waals surface area (Å²) in [6.45, 7) is 0.0604. The highest BCUT2D eigenvalue weighted by Gasteiger charge is 2.29. The van der Waals surface area contributed by atoms with Crippen LogP contribution in [-0.4, -0.2) is 25.6 Å². The zero-order valence-corrected chi connectivity index (χ0v) is 8.19. The van der Waals surface area contributed by atoms with E-state index in [1.165, 1.54) is 0 Å². The van der Waals surface area contributed by atoms with Gasteiger partial charge in [-0.05, 0) is 24.3 Å². The van der Waals surface area contributed by atoms with Crippen LogP contribution >= 0.6 is 0 Å². The highest BCUT2D eigenvalue weighted by atomic mass is 16.5. The summed E-state index contributed by atoms with van der Waals surface area (Å²) < 4.78 is 4.98. The standard InChI is InChI=1S/C10H10N2O3/c1-15-8-4-2-7(3-5-8)12-9(13)6-11-10(12)14/h2-5H,6H2,1H3,(H,11,14). The van der Waals surface area contributed by atoms with Gasteiger partial charge in [0.2, 0.25) is 0 Å². The van der Waals surface area contributed by atoms with E-state index in [1.807, 2.05) is 0 Å². The Balaban J connectivity index is 2.29. The Morgan fingerprint density at radius 2 is 1.93 bits per heavy atom. The van der Waals surface area contributed by atoms with Crippen LogP contribution < -0.4 is 15.0 Å². The molecule has 1 aliphatic heterocycles. The van der Waals surface area contributed by atoms with Crippen LogP contribution in [0.15, 0.2) is 24.3 Å². The third-order valence-corrected chi connectivity index (χ3v) is 2.17. The lowest BCUT2D eigenvalue weighted by atomic mass is 10.3. The average molecular weight is 206 g/mol. The van der Waals surface area contributed by atoms with Gasteiger partial charge in [-0.15, -0.1) is 0 Å². The fourth-order valence-corrected chi connectivity index (χ4v) is 1.42. The number of hydrogen-bond donors (Lipinski definition) is 1. The first-order valence-corrected chi connectivity index (χ1v) is 4.47. The summed E-state index contributed by atoms with van der Waals surface area (Å²) in [5.41, 5.74) is 0.552. The van der Waals surface area contributed by atoms with Crippen LogP contribution in [0.5, 0.6) is 5.75 Å². The van der Waals surface area contributed by atoms with Gasteiger partial charge in [-0.25, -0.2) is 9.69 Å². The molecule has 1 N–H and O–H groups in total. The molecule has 1 aliphatic rings. The van der Waals surface area contributed by atoms with Gasteiger partial charge in [0.05, 0.1) is 19.3 Å². The zero-order valence-electron chi connectivity index (χ0n) is 8.19. The van der Waals surface area contributed by atoms with Crippen molar-refractivity contribution in [1.29, 1.82) is 0 Å². The number of carbonyl (C=O) groups excluding carboxylic acids is 2. The lowest BCUT2D eigenvalue weighted by molar-refractivity contribution is -0.115. The lowest BCUT2D eigenvalue weighted by Crippen LogP contribution is -2.30. The van der Waals surface area contributed by atoms with Gasteiger partial charge >= 0.3 is 6.03 Å². The van der Waals surface area contributed by atoms with Crippen LogP contribution in [0.1, 0.15) is 0 Å². The van der Waals surface area contributed by atoms with Gasteiger partial charge < -0.3 is 10.1 Å². The highest BCUT2D eigenvalue weighted by Crippen LogP contribution is 2.20. The molecule has 78 valence electrons. The van der Waals surface area contributed by atoms with Crippen molar-refractivity contribution in [2.24, 2.45) is 0 Å². The molecular formula is C10H10N2O3. The van der Waals surface area contributed by atoms with Crippen molar-refractivity contribution in [2.45, 2.75) is 0 Å². The number of rotatable bonds is 2. The molecule has 1 heterocycles. The number of nitrogens with zero attached hydrogens (tertiary/aromatic N) is 1. The Morgan fingerprint density at radius 1 is 1.27 bits per heavy atom. The molecular weight excluding hydrogens is 196 g/mol. The summed E-state index contributed by atoms with van der Waals surface area (Å²) in [6.07, 6.45) is 0. The quantitative estimate of drug-likeness (QED) is 0.726. The van der Waals surface area contributed by atoms with Crippen molar-refractivity contribution in [3.05, 3.63) is 24.3 Å². The first-order chi connectivity index (χ1) is 7.22. The largest absolute Gasteiger partial charge is 0.497 e. The molecule has 15 heavy (non-hydrogen) atoms. The molecule has 0 atom stereocenters. The van der Waals surface area contributed by atoms with Crippen molar-refractivity contribution < 1.29 is 14.3 Å². The van der Waals surface area contributed by atoms with Crippen LogP contribution in [0.3, 0.4) is 0 Å². The summed E-state index contributed by atoms with van der Waals surface area (Å²) in [5, 5.41) is 2.45. The molecule has 0 aromatic heterocycles. The Kier molecular flexibility index (Phi) is 2.29. The Hall–Kier alpha value is -2.04. The summed E-state index contributed by atoms with van der Waals surface area (Å²) in [5.74, 6) is 0.441. The summed E-state index contributed by atoms with van der Waals surface area (Å²) in [4.78, 5) is 23.8. The molecule has 5 nitrogen and oxygen atoms in total. The lowest BCUT2D eigenvalue weighted by Gasteiger charge is -2.12. The number of amides is 3. The Morgan fingerprint density at radius 3 is 2.40 bits per heavy atom. The smallest absolute Gasteiger partial charge is 0.329 e.